The number of alkyl halides is 3. The third-order valence-corrected chi connectivity index (χ3v) is 5.25. The highest BCUT2D eigenvalue weighted by atomic mass is 35.5. The number of piperidine rings is 1. The van der Waals surface area contributed by atoms with Crippen LogP contribution in [0.2, 0.25) is 0 Å². The molecule has 8 heteroatoms. The van der Waals surface area contributed by atoms with Gasteiger partial charge in [0.25, 0.3) is 0 Å². The second kappa shape index (κ2) is 9.50. The monoisotopic (exact) mass is 428 g/mol. The Morgan fingerprint density at radius 1 is 1.07 bits per heavy atom. The average Bonchev–Trinajstić information content (AvgIpc) is 2.68. The van der Waals surface area contributed by atoms with E-state index in [2.05, 4.69) is 22.3 Å². The lowest BCUT2D eigenvalue weighted by Gasteiger charge is -2.40. The van der Waals surface area contributed by atoms with Gasteiger partial charge in [0.1, 0.15) is 5.54 Å². The quantitative estimate of drug-likeness (QED) is 0.700. The summed E-state index contributed by atoms with van der Waals surface area (Å²) in [4.78, 5) is 14.1. The summed E-state index contributed by atoms with van der Waals surface area (Å²) in [6.45, 7) is 1.97. The lowest BCUT2D eigenvalue weighted by molar-refractivity contribution is -0.144. The van der Waals surface area contributed by atoms with Crippen LogP contribution in [-0.4, -0.2) is 41.1 Å². The number of benzene rings is 2. The van der Waals surface area contributed by atoms with Crippen LogP contribution in [0.4, 0.5) is 18.9 Å². The number of nitrogens with zero attached hydrogens (tertiary/aromatic N) is 1. The van der Waals surface area contributed by atoms with Crippen LogP contribution < -0.4 is 5.32 Å². The topological polar surface area (TPSA) is 52.6 Å². The molecule has 0 atom stereocenters. The largest absolute Gasteiger partial charge is 0.480 e. The number of hydrogen-bond donors (Lipinski definition) is 2. The van der Waals surface area contributed by atoms with Crippen LogP contribution >= 0.6 is 12.4 Å². The van der Waals surface area contributed by atoms with E-state index in [1.54, 1.807) is 0 Å². The van der Waals surface area contributed by atoms with Crippen molar-refractivity contribution >= 4 is 24.1 Å². The lowest BCUT2D eigenvalue weighted by Crippen LogP contribution is -2.54. The summed E-state index contributed by atoms with van der Waals surface area (Å²) in [6.07, 6.45) is -2.93. The molecule has 0 aliphatic carbocycles. The SMILES string of the molecule is Cl.O=C(O)C1(Nc2cccc(C(F)(F)F)c2)CCN(CCc2ccccc2)CC1. The highest BCUT2D eigenvalue weighted by molar-refractivity contribution is 5.85. The van der Waals surface area contributed by atoms with Gasteiger partial charge in [0, 0.05) is 25.3 Å². The Kier molecular flexibility index (Phi) is 7.54. The molecule has 4 nitrogen and oxygen atoms in total. The number of rotatable bonds is 6. The van der Waals surface area contributed by atoms with Crippen molar-refractivity contribution in [2.24, 2.45) is 0 Å². The Bertz CT molecular complexity index is 807. The standard InChI is InChI=1S/C21H23F3N2O2.ClH/c22-21(23,24)17-7-4-8-18(15-17)25-20(19(27)28)10-13-26(14-11-20)12-9-16-5-2-1-3-6-16;/h1-8,15,25H,9-14H2,(H,27,28);1H. The summed E-state index contributed by atoms with van der Waals surface area (Å²) in [6, 6.07) is 14.8. The van der Waals surface area contributed by atoms with E-state index in [1.807, 2.05) is 18.2 Å². The van der Waals surface area contributed by atoms with Crippen molar-refractivity contribution in [3.8, 4) is 0 Å². The van der Waals surface area contributed by atoms with Crippen LogP contribution in [0.3, 0.4) is 0 Å². The molecule has 1 heterocycles. The zero-order valence-corrected chi connectivity index (χ0v) is 16.6. The summed E-state index contributed by atoms with van der Waals surface area (Å²) in [7, 11) is 0. The first kappa shape index (κ1) is 23.0. The summed E-state index contributed by atoms with van der Waals surface area (Å²) < 4.78 is 38.8. The van der Waals surface area contributed by atoms with Crippen molar-refractivity contribution in [2.45, 2.75) is 31.0 Å². The summed E-state index contributed by atoms with van der Waals surface area (Å²) in [5.74, 6) is -1.03. The molecule has 1 aliphatic rings. The van der Waals surface area contributed by atoms with Crippen LogP contribution in [-0.2, 0) is 17.4 Å². The van der Waals surface area contributed by atoms with Crippen LogP contribution in [0.15, 0.2) is 54.6 Å². The van der Waals surface area contributed by atoms with Gasteiger partial charge in [0.15, 0.2) is 0 Å². The van der Waals surface area contributed by atoms with E-state index in [0.29, 0.717) is 25.9 Å². The molecule has 1 fully saturated rings. The lowest BCUT2D eigenvalue weighted by atomic mass is 9.87. The summed E-state index contributed by atoms with van der Waals surface area (Å²) in [5.41, 5.74) is -0.652. The van der Waals surface area contributed by atoms with Gasteiger partial charge in [-0.15, -0.1) is 12.4 Å². The van der Waals surface area contributed by atoms with Crippen molar-refractivity contribution in [1.29, 1.82) is 0 Å². The molecule has 2 aromatic rings. The van der Waals surface area contributed by atoms with E-state index in [-0.39, 0.29) is 18.1 Å². The molecule has 1 aliphatic heterocycles. The molecule has 29 heavy (non-hydrogen) atoms. The first-order chi connectivity index (χ1) is 13.3. The Balaban J connectivity index is 0.00000300. The van der Waals surface area contributed by atoms with Crippen LogP contribution in [0.25, 0.3) is 0 Å². The second-order valence-electron chi connectivity index (χ2n) is 7.17. The molecule has 0 unspecified atom stereocenters. The number of nitrogens with one attached hydrogen (secondary N) is 1. The third kappa shape index (κ3) is 5.87. The Morgan fingerprint density at radius 2 is 1.72 bits per heavy atom. The predicted molar refractivity (Wildman–Crippen MR) is 109 cm³/mol. The van der Waals surface area contributed by atoms with Gasteiger partial charge in [-0.05, 0) is 43.0 Å². The fourth-order valence-electron chi connectivity index (χ4n) is 3.53. The van der Waals surface area contributed by atoms with Gasteiger partial charge in [0.2, 0.25) is 0 Å². The highest BCUT2D eigenvalue weighted by Crippen LogP contribution is 2.33. The maximum atomic E-state index is 12.9. The molecule has 2 aromatic carbocycles. The van der Waals surface area contributed by atoms with E-state index in [4.69, 9.17) is 0 Å². The molecule has 0 bridgehead atoms. The summed E-state index contributed by atoms with van der Waals surface area (Å²) >= 11 is 0. The van der Waals surface area contributed by atoms with E-state index in [1.165, 1.54) is 17.7 Å². The molecular formula is C21H24ClF3N2O2. The van der Waals surface area contributed by atoms with E-state index >= 15 is 0 Å². The highest BCUT2D eigenvalue weighted by Gasteiger charge is 2.42. The number of carboxylic acid groups (broad SMARTS) is 1. The number of hydrogen-bond acceptors (Lipinski definition) is 3. The minimum atomic E-state index is -4.46. The maximum absolute atomic E-state index is 12.9. The molecule has 0 amide bonds. The van der Waals surface area contributed by atoms with Crippen molar-refractivity contribution < 1.29 is 23.1 Å². The van der Waals surface area contributed by atoms with Gasteiger partial charge in [-0.25, -0.2) is 4.79 Å². The number of aliphatic carboxylic acids is 1. The molecule has 1 saturated heterocycles. The van der Waals surface area contributed by atoms with Gasteiger partial charge in [-0.2, -0.15) is 13.2 Å². The third-order valence-electron chi connectivity index (χ3n) is 5.25. The van der Waals surface area contributed by atoms with Crippen LogP contribution in [0, 0.1) is 0 Å². The molecule has 0 saturated carbocycles. The molecule has 3 rings (SSSR count). The van der Waals surface area contributed by atoms with E-state index in [9.17, 15) is 23.1 Å². The van der Waals surface area contributed by atoms with Gasteiger partial charge < -0.3 is 15.3 Å². The summed E-state index contributed by atoms with van der Waals surface area (Å²) in [5, 5.41) is 12.6. The number of halogens is 4. The molecule has 0 aromatic heterocycles. The Hall–Kier alpha value is -2.25. The van der Waals surface area contributed by atoms with Crippen LogP contribution in [0.5, 0.6) is 0 Å². The van der Waals surface area contributed by atoms with Crippen LogP contribution in [0.1, 0.15) is 24.0 Å². The Labute approximate surface area is 174 Å². The minimum Gasteiger partial charge on any atom is -0.480 e. The molecule has 2 N–H and O–H groups in total. The smallest absolute Gasteiger partial charge is 0.416 e. The number of carbonyl (C=O) groups is 1. The van der Waals surface area contributed by atoms with Gasteiger partial charge in [-0.3, -0.25) is 0 Å². The van der Waals surface area contributed by atoms with Crippen molar-refractivity contribution in [1.82, 2.24) is 4.90 Å². The number of carboxylic acids is 1. The van der Waals surface area contributed by atoms with Crippen molar-refractivity contribution in [2.75, 3.05) is 25.0 Å². The first-order valence-corrected chi connectivity index (χ1v) is 9.24. The van der Waals surface area contributed by atoms with Crippen molar-refractivity contribution in [3.63, 3.8) is 0 Å². The van der Waals surface area contributed by atoms with Gasteiger partial charge >= 0.3 is 12.1 Å². The minimum absolute atomic E-state index is 0. The van der Waals surface area contributed by atoms with Gasteiger partial charge in [-0.1, -0.05) is 36.4 Å². The molecule has 0 radical (unpaired) electrons. The van der Waals surface area contributed by atoms with Gasteiger partial charge in [0.05, 0.1) is 5.56 Å². The normalized spacial score (nSPS) is 16.7. The maximum Gasteiger partial charge on any atom is 0.416 e. The zero-order valence-electron chi connectivity index (χ0n) is 15.8. The van der Waals surface area contributed by atoms with Crippen molar-refractivity contribution in [3.05, 3.63) is 65.7 Å². The molecule has 0 spiro atoms. The first-order valence-electron chi connectivity index (χ1n) is 9.24. The number of likely N-dealkylation sites (tertiary alicyclic amines) is 1. The average molecular weight is 429 g/mol. The zero-order chi connectivity index (χ0) is 20.2. The fraction of sp³-hybridized carbons (Fsp3) is 0.381. The molecule has 158 valence electrons. The Morgan fingerprint density at radius 3 is 2.31 bits per heavy atom. The second-order valence-corrected chi connectivity index (χ2v) is 7.17. The number of anilines is 1. The fourth-order valence-corrected chi connectivity index (χ4v) is 3.53. The predicted octanol–water partition coefficient (Wildman–Crippen LogP) is 4.70. The van der Waals surface area contributed by atoms with E-state index in [0.717, 1.165) is 25.1 Å². The van der Waals surface area contributed by atoms with E-state index < -0.39 is 23.2 Å². The molecular weight excluding hydrogens is 405 g/mol.